The second-order valence-electron chi connectivity index (χ2n) is 5.23. The molecule has 120 valence electrons. The molecule has 0 aliphatic carbocycles. The molecule has 0 bridgehead atoms. The average molecular weight is 321 g/mol. The van der Waals surface area contributed by atoms with E-state index in [-0.39, 0.29) is 18.3 Å². The van der Waals surface area contributed by atoms with E-state index in [1.54, 1.807) is 0 Å². The lowest BCUT2D eigenvalue weighted by Crippen LogP contribution is -2.20. The van der Waals surface area contributed by atoms with Crippen LogP contribution in [0, 0.1) is 5.82 Å². The Morgan fingerprint density at radius 3 is 2.12 bits per heavy atom. The Hall–Kier alpha value is -3.14. The number of benzene rings is 3. The SMILES string of the molecule is O=C(COc1ccc(-c2ccccc2)cc1)Nc1ccc(F)cc1. The van der Waals surface area contributed by atoms with Crippen molar-refractivity contribution in [2.75, 3.05) is 11.9 Å². The molecule has 1 amide bonds. The van der Waals surface area contributed by atoms with Crippen molar-refractivity contribution >= 4 is 11.6 Å². The number of halogens is 1. The lowest BCUT2D eigenvalue weighted by Gasteiger charge is -2.08. The molecule has 3 aromatic rings. The first-order chi connectivity index (χ1) is 11.7. The van der Waals surface area contributed by atoms with Gasteiger partial charge in [-0.1, -0.05) is 42.5 Å². The highest BCUT2D eigenvalue weighted by Crippen LogP contribution is 2.22. The van der Waals surface area contributed by atoms with Crippen LogP contribution in [0.4, 0.5) is 10.1 Å². The predicted octanol–water partition coefficient (Wildman–Crippen LogP) is 4.51. The maximum absolute atomic E-state index is 12.8. The summed E-state index contributed by atoms with van der Waals surface area (Å²) in [5.41, 5.74) is 2.74. The first-order valence-corrected chi connectivity index (χ1v) is 7.54. The zero-order valence-corrected chi connectivity index (χ0v) is 12.9. The van der Waals surface area contributed by atoms with Gasteiger partial charge in [-0.2, -0.15) is 0 Å². The summed E-state index contributed by atoms with van der Waals surface area (Å²) in [5, 5.41) is 2.65. The molecule has 0 saturated heterocycles. The van der Waals surface area contributed by atoms with Crippen molar-refractivity contribution in [1.29, 1.82) is 0 Å². The molecule has 0 aliphatic rings. The van der Waals surface area contributed by atoms with Crippen molar-refractivity contribution in [3.05, 3.63) is 84.7 Å². The highest BCUT2D eigenvalue weighted by molar-refractivity contribution is 5.91. The topological polar surface area (TPSA) is 38.3 Å². The van der Waals surface area contributed by atoms with Gasteiger partial charge in [-0.05, 0) is 47.5 Å². The molecule has 24 heavy (non-hydrogen) atoms. The number of anilines is 1. The molecule has 0 atom stereocenters. The molecular formula is C20H16FNO2. The Kier molecular flexibility index (Phi) is 4.87. The van der Waals surface area contributed by atoms with E-state index >= 15 is 0 Å². The fraction of sp³-hybridized carbons (Fsp3) is 0.0500. The number of amides is 1. The molecule has 3 nitrogen and oxygen atoms in total. The van der Waals surface area contributed by atoms with Gasteiger partial charge >= 0.3 is 0 Å². The van der Waals surface area contributed by atoms with E-state index in [0.29, 0.717) is 11.4 Å². The fourth-order valence-electron chi connectivity index (χ4n) is 2.25. The largest absolute Gasteiger partial charge is 0.484 e. The van der Waals surface area contributed by atoms with E-state index < -0.39 is 0 Å². The van der Waals surface area contributed by atoms with Gasteiger partial charge in [0.05, 0.1) is 0 Å². The van der Waals surface area contributed by atoms with Crippen LogP contribution in [0.1, 0.15) is 0 Å². The van der Waals surface area contributed by atoms with Crippen molar-refractivity contribution in [2.45, 2.75) is 0 Å². The van der Waals surface area contributed by atoms with Crippen LogP contribution >= 0.6 is 0 Å². The van der Waals surface area contributed by atoms with Crippen LogP contribution in [0.3, 0.4) is 0 Å². The van der Waals surface area contributed by atoms with Crippen LogP contribution in [-0.2, 0) is 4.79 Å². The molecule has 4 heteroatoms. The number of carbonyl (C=O) groups excluding carboxylic acids is 1. The summed E-state index contributed by atoms with van der Waals surface area (Å²) in [6, 6.07) is 23.1. The first kappa shape index (κ1) is 15.7. The second-order valence-corrected chi connectivity index (χ2v) is 5.23. The molecule has 0 saturated carbocycles. The van der Waals surface area contributed by atoms with Gasteiger partial charge in [0.25, 0.3) is 5.91 Å². The number of ether oxygens (including phenoxy) is 1. The minimum Gasteiger partial charge on any atom is -0.484 e. The third kappa shape index (κ3) is 4.20. The van der Waals surface area contributed by atoms with Gasteiger partial charge in [-0.15, -0.1) is 0 Å². The standard InChI is InChI=1S/C20H16FNO2/c21-17-8-10-18(11-9-17)22-20(23)14-24-19-12-6-16(7-13-19)15-4-2-1-3-5-15/h1-13H,14H2,(H,22,23). The summed E-state index contributed by atoms with van der Waals surface area (Å²) in [4.78, 5) is 11.8. The van der Waals surface area contributed by atoms with E-state index in [0.717, 1.165) is 11.1 Å². The summed E-state index contributed by atoms with van der Waals surface area (Å²) < 4.78 is 18.3. The summed E-state index contributed by atoms with van der Waals surface area (Å²) in [6.45, 7) is -0.109. The van der Waals surface area contributed by atoms with Gasteiger partial charge in [0.2, 0.25) is 0 Å². The van der Waals surface area contributed by atoms with Gasteiger partial charge in [-0.3, -0.25) is 4.79 Å². The summed E-state index contributed by atoms with van der Waals surface area (Å²) >= 11 is 0. The number of carbonyl (C=O) groups is 1. The fourth-order valence-corrected chi connectivity index (χ4v) is 2.25. The second kappa shape index (κ2) is 7.42. The minimum atomic E-state index is -0.345. The molecule has 0 heterocycles. The summed E-state index contributed by atoms with van der Waals surface area (Å²) in [7, 11) is 0. The Labute approximate surface area is 139 Å². The maximum Gasteiger partial charge on any atom is 0.262 e. The zero-order chi connectivity index (χ0) is 16.8. The van der Waals surface area contributed by atoms with Crippen molar-refractivity contribution in [1.82, 2.24) is 0 Å². The molecule has 3 rings (SSSR count). The van der Waals surface area contributed by atoms with Crippen molar-refractivity contribution < 1.29 is 13.9 Å². The van der Waals surface area contributed by atoms with Gasteiger partial charge in [-0.25, -0.2) is 4.39 Å². The summed E-state index contributed by atoms with van der Waals surface area (Å²) in [5.74, 6) is -0.0274. The predicted molar refractivity (Wildman–Crippen MR) is 92.4 cm³/mol. The van der Waals surface area contributed by atoms with E-state index in [1.807, 2.05) is 54.6 Å². The lowest BCUT2D eigenvalue weighted by molar-refractivity contribution is -0.118. The van der Waals surface area contributed by atoms with Crippen LogP contribution < -0.4 is 10.1 Å². The number of hydrogen-bond donors (Lipinski definition) is 1. The number of hydrogen-bond acceptors (Lipinski definition) is 2. The Morgan fingerprint density at radius 2 is 1.46 bits per heavy atom. The molecule has 0 spiro atoms. The molecule has 3 aromatic carbocycles. The molecule has 0 fully saturated rings. The number of rotatable bonds is 5. The summed E-state index contributed by atoms with van der Waals surface area (Å²) in [6.07, 6.45) is 0. The van der Waals surface area contributed by atoms with Crippen LogP contribution in [0.2, 0.25) is 0 Å². The van der Waals surface area contributed by atoms with Crippen molar-refractivity contribution in [2.24, 2.45) is 0 Å². The van der Waals surface area contributed by atoms with E-state index in [9.17, 15) is 9.18 Å². The average Bonchev–Trinajstić information content (AvgIpc) is 2.63. The van der Waals surface area contributed by atoms with Gasteiger partial charge < -0.3 is 10.1 Å². The van der Waals surface area contributed by atoms with Crippen LogP contribution in [0.15, 0.2) is 78.9 Å². The van der Waals surface area contributed by atoms with E-state index in [2.05, 4.69) is 5.32 Å². The molecule has 1 N–H and O–H groups in total. The van der Waals surface area contributed by atoms with Gasteiger partial charge in [0, 0.05) is 5.69 Å². The zero-order valence-electron chi connectivity index (χ0n) is 12.9. The maximum atomic E-state index is 12.8. The molecule has 0 aliphatic heterocycles. The minimum absolute atomic E-state index is 0.109. The van der Waals surface area contributed by atoms with Gasteiger partial charge in [0.15, 0.2) is 6.61 Å². The first-order valence-electron chi connectivity index (χ1n) is 7.54. The highest BCUT2D eigenvalue weighted by Gasteiger charge is 2.04. The van der Waals surface area contributed by atoms with Crippen LogP contribution in [0.5, 0.6) is 5.75 Å². The quantitative estimate of drug-likeness (QED) is 0.751. The van der Waals surface area contributed by atoms with E-state index in [4.69, 9.17) is 4.74 Å². The lowest BCUT2D eigenvalue weighted by atomic mass is 10.1. The van der Waals surface area contributed by atoms with Crippen molar-refractivity contribution in [3.63, 3.8) is 0 Å². The molecular weight excluding hydrogens is 305 g/mol. The Bertz CT molecular complexity index is 799. The van der Waals surface area contributed by atoms with Crippen molar-refractivity contribution in [3.8, 4) is 16.9 Å². The van der Waals surface area contributed by atoms with E-state index in [1.165, 1.54) is 24.3 Å². The normalized spacial score (nSPS) is 10.2. The van der Waals surface area contributed by atoms with Gasteiger partial charge in [0.1, 0.15) is 11.6 Å². The highest BCUT2D eigenvalue weighted by atomic mass is 19.1. The Morgan fingerprint density at radius 1 is 0.833 bits per heavy atom. The smallest absolute Gasteiger partial charge is 0.262 e. The molecule has 0 aromatic heterocycles. The third-order valence-corrected chi connectivity index (χ3v) is 3.46. The molecule has 0 radical (unpaired) electrons. The van der Waals surface area contributed by atoms with Crippen LogP contribution in [-0.4, -0.2) is 12.5 Å². The Balaban J connectivity index is 1.54. The van der Waals surface area contributed by atoms with Crippen LogP contribution in [0.25, 0.3) is 11.1 Å². The number of nitrogens with one attached hydrogen (secondary N) is 1. The monoisotopic (exact) mass is 321 g/mol. The third-order valence-electron chi connectivity index (χ3n) is 3.46. The molecule has 0 unspecified atom stereocenters.